The summed E-state index contributed by atoms with van der Waals surface area (Å²) in [5.74, 6) is -13.7. The van der Waals surface area contributed by atoms with Gasteiger partial charge < -0.3 is 20.4 Å². The minimum Gasteiger partial charge on any atom is -0.351 e. The highest BCUT2D eigenvalue weighted by atomic mass is 19.3. The van der Waals surface area contributed by atoms with E-state index in [1.54, 1.807) is 0 Å². The van der Waals surface area contributed by atoms with Gasteiger partial charge >= 0.3 is 17.8 Å². The van der Waals surface area contributed by atoms with E-state index in [4.69, 9.17) is 20.4 Å². The Morgan fingerprint density at radius 1 is 0.875 bits per heavy atom. The first-order chi connectivity index (χ1) is 7.06. The van der Waals surface area contributed by atoms with E-state index in [1.165, 1.54) is 0 Å². The van der Waals surface area contributed by atoms with E-state index in [9.17, 15) is 13.2 Å². The van der Waals surface area contributed by atoms with Gasteiger partial charge in [-0.05, 0) is 6.42 Å². The Morgan fingerprint density at radius 2 is 1.38 bits per heavy atom. The first kappa shape index (κ1) is 15.6. The molecule has 0 amide bonds. The monoisotopic (exact) mass is 246 g/mol. The summed E-state index contributed by atoms with van der Waals surface area (Å²) < 4.78 is 39.0. The first-order valence-corrected chi connectivity index (χ1v) is 5.02. The largest absolute Gasteiger partial charge is 0.352 e. The lowest BCUT2D eigenvalue weighted by molar-refractivity contribution is -0.466. The second-order valence-electron chi connectivity index (χ2n) is 3.77. The van der Waals surface area contributed by atoms with E-state index in [-0.39, 0.29) is 6.42 Å². The number of alkyl halides is 3. The van der Waals surface area contributed by atoms with Crippen LogP contribution < -0.4 is 0 Å². The average molecular weight is 246 g/mol. The Hall–Kier alpha value is -0.370. The van der Waals surface area contributed by atoms with E-state index in [0.29, 0.717) is 12.8 Å². The number of rotatable bonds is 7. The summed E-state index contributed by atoms with van der Waals surface area (Å²) in [6.45, 7) is 1.85. The Kier molecular flexibility index (Phi) is 5.18. The third kappa shape index (κ3) is 3.58. The van der Waals surface area contributed by atoms with E-state index in [0.717, 1.165) is 6.42 Å². The minimum atomic E-state index is -4.79. The Labute approximate surface area is 91.3 Å². The quantitative estimate of drug-likeness (QED) is 0.397. The second kappa shape index (κ2) is 5.31. The average Bonchev–Trinajstić information content (AvgIpc) is 2.10. The maximum absolute atomic E-state index is 13.0. The zero-order valence-electron chi connectivity index (χ0n) is 8.96. The Bertz CT molecular complexity index is 213. The van der Waals surface area contributed by atoms with Gasteiger partial charge in [-0.25, -0.2) is 0 Å². The molecule has 0 aromatic rings. The molecule has 0 aromatic carbocycles. The molecule has 0 aliphatic carbocycles. The number of hydrogen-bond acceptors (Lipinski definition) is 4. The van der Waals surface area contributed by atoms with Crippen molar-refractivity contribution < 1.29 is 33.6 Å². The van der Waals surface area contributed by atoms with Crippen LogP contribution in [0.2, 0.25) is 0 Å². The molecule has 0 rings (SSSR count). The van der Waals surface area contributed by atoms with Crippen molar-refractivity contribution in [3.63, 3.8) is 0 Å². The molecule has 1 unspecified atom stereocenters. The van der Waals surface area contributed by atoms with Gasteiger partial charge in [-0.2, -0.15) is 13.2 Å². The lowest BCUT2D eigenvalue weighted by Crippen LogP contribution is -2.61. The van der Waals surface area contributed by atoms with Crippen LogP contribution in [-0.2, 0) is 0 Å². The molecule has 0 fully saturated rings. The van der Waals surface area contributed by atoms with E-state index in [1.807, 2.05) is 6.92 Å². The summed E-state index contributed by atoms with van der Waals surface area (Å²) in [6, 6.07) is 0. The topological polar surface area (TPSA) is 80.9 Å². The standard InChI is InChI=1S/C9H17F3O4/c1-2-3-4-5-6-7(10,11)8(12,13)9(14,15)16/h13-16H,2-6H2,1H3. The van der Waals surface area contributed by atoms with Gasteiger partial charge in [0.1, 0.15) is 0 Å². The number of hydrogen-bond donors (Lipinski definition) is 4. The van der Waals surface area contributed by atoms with Crippen molar-refractivity contribution in [2.24, 2.45) is 0 Å². The smallest absolute Gasteiger partial charge is 0.351 e. The van der Waals surface area contributed by atoms with Crippen molar-refractivity contribution in [1.29, 1.82) is 0 Å². The maximum atomic E-state index is 13.0. The van der Waals surface area contributed by atoms with Crippen LogP contribution in [0.5, 0.6) is 0 Å². The number of halogens is 3. The van der Waals surface area contributed by atoms with E-state index in [2.05, 4.69) is 0 Å². The van der Waals surface area contributed by atoms with E-state index >= 15 is 0 Å². The molecule has 0 saturated carbocycles. The van der Waals surface area contributed by atoms with Crippen LogP contribution in [0.1, 0.15) is 39.0 Å². The predicted octanol–water partition coefficient (Wildman–Crippen LogP) is 0.881. The van der Waals surface area contributed by atoms with Gasteiger partial charge in [0.2, 0.25) is 0 Å². The van der Waals surface area contributed by atoms with Gasteiger partial charge in [-0.15, -0.1) is 0 Å². The highest BCUT2D eigenvalue weighted by molar-refractivity contribution is 4.89. The summed E-state index contributed by atoms with van der Waals surface area (Å²) in [5.41, 5.74) is 0. The fourth-order valence-electron chi connectivity index (χ4n) is 1.18. The predicted molar refractivity (Wildman–Crippen MR) is 49.2 cm³/mol. The van der Waals surface area contributed by atoms with Crippen LogP contribution in [0.25, 0.3) is 0 Å². The molecular formula is C9H17F3O4. The normalized spacial score (nSPS) is 17.2. The SMILES string of the molecule is CCCCCCC(F)(F)C(O)(F)C(O)(O)O. The molecule has 16 heavy (non-hydrogen) atoms. The number of unbranched alkanes of at least 4 members (excludes halogenated alkanes) is 3. The van der Waals surface area contributed by atoms with Gasteiger partial charge in [-0.1, -0.05) is 26.2 Å². The zero-order chi connectivity index (χ0) is 13.0. The van der Waals surface area contributed by atoms with Crippen molar-refractivity contribution >= 4 is 0 Å². The summed E-state index contributed by atoms with van der Waals surface area (Å²) >= 11 is 0. The fraction of sp³-hybridized carbons (Fsp3) is 1.00. The van der Waals surface area contributed by atoms with Crippen molar-refractivity contribution in [3.05, 3.63) is 0 Å². The van der Waals surface area contributed by atoms with Crippen LogP contribution >= 0.6 is 0 Å². The molecule has 0 heterocycles. The zero-order valence-corrected chi connectivity index (χ0v) is 8.96. The maximum Gasteiger partial charge on any atom is 0.352 e. The highest BCUT2D eigenvalue weighted by Gasteiger charge is 2.66. The molecule has 0 saturated heterocycles. The lowest BCUT2D eigenvalue weighted by Gasteiger charge is -2.34. The molecule has 4 N–H and O–H groups in total. The van der Waals surface area contributed by atoms with Crippen LogP contribution in [-0.4, -0.2) is 38.2 Å². The molecule has 0 aliphatic heterocycles. The summed E-state index contributed by atoms with van der Waals surface area (Å²) in [6.07, 6.45) is 0.683. The summed E-state index contributed by atoms with van der Waals surface area (Å²) in [7, 11) is 0. The third-order valence-electron chi connectivity index (χ3n) is 2.27. The molecule has 7 heteroatoms. The molecular weight excluding hydrogens is 229 g/mol. The van der Waals surface area contributed by atoms with Crippen molar-refractivity contribution in [2.75, 3.05) is 0 Å². The van der Waals surface area contributed by atoms with Crippen LogP contribution in [0.4, 0.5) is 13.2 Å². The Morgan fingerprint density at radius 3 is 1.75 bits per heavy atom. The lowest BCUT2D eigenvalue weighted by atomic mass is 10.0. The first-order valence-electron chi connectivity index (χ1n) is 5.02. The number of aliphatic hydroxyl groups is 4. The fourth-order valence-corrected chi connectivity index (χ4v) is 1.18. The van der Waals surface area contributed by atoms with Crippen LogP contribution in [0, 0.1) is 0 Å². The molecule has 0 spiro atoms. The molecule has 0 radical (unpaired) electrons. The summed E-state index contributed by atoms with van der Waals surface area (Å²) in [4.78, 5) is 0. The van der Waals surface area contributed by atoms with Crippen LogP contribution in [0.15, 0.2) is 0 Å². The highest BCUT2D eigenvalue weighted by Crippen LogP contribution is 2.40. The molecule has 0 aliphatic rings. The van der Waals surface area contributed by atoms with Gasteiger partial charge in [-0.3, -0.25) is 0 Å². The second-order valence-corrected chi connectivity index (χ2v) is 3.77. The minimum absolute atomic E-state index is 0.0941. The van der Waals surface area contributed by atoms with Crippen LogP contribution in [0.3, 0.4) is 0 Å². The third-order valence-corrected chi connectivity index (χ3v) is 2.27. The van der Waals surface area contributed by atoms with Gasteiger partial charge in [0, 0.05) is 6.42 Å². The van der Waals surface area contributed by atoms with Crippen molar-refractivity contribution in [1.82, 2.24) is 0 Å². The molecule has 1 atom stereocenters. The van der Waals surface area contributed by atoms with Crippen molar-refractivity contribution in [3.8, 4) is 0 Å². The van der Waals surface area contributed by atoms with Gasteiger partial charge in [0.05, 0.1) is 0 Å². The molecule has 98 valence electrons. The van der Waals surface area contributed by atoms with Crippen molar-refractivity contribution in [2.45, 2.75) is 56.8 Å². The Balaban J connectivity index is 4.41. The van der Waals surface area contributed by atoms with Gasteiger partial charge in [0.25, 0.3) is 0 Å². The molecule has 0 bridgehead atoms. The molecule has 0 aromatic heterocycles. The van der Waals surface area contributed by atoms with Gasteiger partial charge in [0.15, 0.2) is 0 Å². The molecule has 4 nitrogen and oxygen atoms in total. The van der Waals surface area contributed by atoms with E-state index < -0.39 is 24.2 Å². The summed E-state index contributed by atoms with van der Waals surface area (Å²) in [5, 5.41) is 33.4.